The second-order valence-electron chi connectivity index (χ2n) is 8.03. The predicted molar refractivity (Wildman–Crippen MR) is 126 cm³/mol. The van der Waals surface area contributed by atoms with Crippen LogP contribution in [0.2, 0.25) is 0 Å². The molecule has 1 saturated heterocycles. The van der Waals surface area contributed by atoms with Crippen LogP contribution in [0.5, 0.6) is 0 Å². The number of anilines is 3. The molecule has 1 aromatic heterocycles. The van der Waals surface area contributed by atoms with E-state index in [-0.39, 0.29) is 12.5 Å². The van der Waals surface area contributed by atoms with Crippen molar-refractivity contribution in [1.29, 1.82) is 0 Å². The number of aryl methyl sites for hydroxylation is 2. The minimum atomic E-state index is 0.0289. The zero-order valence-corrected chi connectivity index (χ0v) is 18.6. The topological polar surface area (TPSA) is 70.6 Å². The minimum absolute atomic E-state index is 0.0289. The summed E-state index contributed by atoms with van der Waals surface area (Å²) in [7, 11) is 0. The molecule has 0 spiro atoms. The van der Waals surface area contributed by atoms with Gasteiger partial charge >= 0.3 is 0 Å². The Morgan fingerprint density at radius 3 is 2.41 bits per heavy atom. The molecule has 1 aliphatic heterocycles. The lowest BCUT2D eigenvalue weighted by molar-refractivity contribution is -0.136. The smallest absolute Gasteiger partial charge is 0.248 e. The van der Waals surface area contributed by atoms with Crippen LogP contribution in [0.3, 0.4) is 0 Å². The molecular formula is C25H29N5O2. The number of amides is 1. The maximum atomic E-state index is 12.5. The van der Waals surface area contributed by atoms with E-state index in [1.807, 2.05) is 60.4 Å². The number of carbonyl (C=O) groups is 1. The number of aromatic nitrogens is 2. The normalized spacial score (nSPS) is 13.8. The van der Waals surface area contributed by atoms with E-state index in [0.29, 0.717) is 25.6 Å². The zero-order valence-electron chi connectivity index (χ0n) is 18.6. The van der Waals surface area contributed by atoms with Gasteiger partial charge in [-0.05, 0) is 31.5 Å². The summed E-state index contributed by atoms with van der Waals surface area (Å²) in [5, 5.41) is 3.29. The second kappa shape index (κ2) is 10.2. The van der Waals surface area contributed by atoms with Gasteiger partial charge in [-0.3, -0.25) is 4.79 Å². The summed E-state index contributed by atoms with van der Waals surface area (Å²) in [5.74, 6) is 1.48. The Hall–Kier alpha value is -3.45. The van der Waals surface area contributed by atoms with Gasteiger partial charge in [-0.25, -0.2) is 4.98 Å². The highest BCUT2D eigenvalue weighted by molar-refractivity contribution is 5.77. The number of piperazine rings is 1. The molecule has 0 atom stereocenters. The molecule has 1 N–H and O–H groups in total. The van der Waals surface area contributed by atoms with Crippen molar-refractivity contribution in [3.05, 3.63) is 77.5 Å². The van der Waals surface area contributed by atoms with Crippen LogP contribution in [0.15, 0.2) is 60.7 Å². The third-order valence-corrected chi connectivity index (χ3v) is 5.44. The highest BCUT2D eigenvalue weighted by Crippen LogP contribution is 2.20. The van der Waals surface area contributed by atoms with Gasteiger partial charge in [0.05, 0.1) is 6.61 Å². The highest BCUT2D eigenvalue weighted by atomic mass is 16.5. The molecule has 7 nitrogen and oxygen atoms in total. The fourth-order valence-electron chi connectivity index (χ4n) is 3.64. The fraction of sp³-hybridized carbons (Fsp3) is 0.320. The van der Waals surface area contributed by atoms with Crippen molar-refractivity contribution in [2.75, 3.05) is 43.0 Å². The fourth-order valence-corrected chi connectivity index (χ4v) is 3.64. The Balaban J connectivity index is 1.30. The van der Waals surface area contributed by atoms with E-state index >= 15 is 0 Å². The first-order valence-corrected chi connectivity index (χ1v) is 10.9. The number of hydrogen-bond donors (Lipinski definition) is 1. The van der Waals surface area contributed by atoms with Crippen LogP contribution in [0.25, 0.3) is 0 Å². The molecule has 166 valence electrons. The number of benzene rings is 2. The molecule has 1 fully saturated rings. The van der Waals surface area contributed by atoms with Crippen molar-refractivity contribution < 1.29 is 9.53 Å². The number of hydrogen-bond acceptors (Lipinski definition) is 6. The molecule has 7 heteroatoms. The Bertz CT molecular complexity index is 1030. The molecule has 0 radical (unpaired) electrons. The van der Waals surface area contributed by atoms with Gasteiger partial charge in [0.2, 0.25) is 11.9 Å². The van der Waals surface area contributed by atoms with Gasteiger partial charge < -0.3 is 19.9 Å². The lowest BCUT2D eigenvalue weighted by Crippen LogP contribution is -2.50. The Morgan fingerprint density at radius 1 is 0.969 bits per heavy atom. The first-order chi connectivity index (χ1) is 15.6. The number of ether oxygens (including phenoxy) is 1. The lowest BCUT2D eigenvalue weighted by Gasteiger charge is -2.35. The van der Waals surface area contributed by atoms with Gasteiger partial charge in [0.25, 0.3) is 0 Å². The summed E-state index contributed by atoms with van der Waals surface area (Å²) >= 11 is 0. The molecular weight excluding hydrogens is 402 g/mol. The molecule has 2 aromatic carbocycles. The average Bonchev–Trinajstić information content (AvgIpc) is 2.81. The van der Waals surface area contributed by atoms with Crippen molar-refractivity contribution in [1.82, 2.24) is 14.9 Å². The largest absolute Gasteiger partial charge is 0.367 e. The van der Waals surface area contributed by atoms with Crippen molar-refractivity contribution >= 4 is 23.4 Å². The van der Waals surface area contributed by atoms with Gasteiger partial charge in [0, 0.05) is 43.6 Å². The van der Waals surface area contributed by atoms with Gasteiger partial charge in [-0.2, -0.15) is 4.98 Å². The molecule has 32 heavy (non-hydrogen) atoms. The standard InChI is InChI=1S/C25H29N5O2/c1-19-8-10-22(11-9-19)27-25-26-20(2)16-23(28-25)29-12-14-30(15-13-29)24(31)18-32-17-21-6-4-3-5-7-21/h3-11,16H,12-15,17-18H2,1-2H3,(H,26,27,28). The third-order valence-electron chi connectivity index (χ3n) is 5.44. The van der Waals surface area contributed by atoms with E-state index in [1.165, 1.54) is 5.56 Å². The zero-order chi connectivity index (χ0) is 22.3. The molecule has 4 rings (SSSR count). The van der Waals surface area contributed by atoms with Gasteiger partial charge in [0.1, 0.15) is 12.4 Å². The van der Waals surface area contributed by atoms with E-state index in [2.05, 4.69) is 34.3 Å². The number of rotatable bonds is 7. The van der Waals surface area contributed by atoms with E-state index in [0.717, 1.165) is 35.9 Å². The second-order valence-corrected chi connectivity index (χ2v) is 8.03. The number of nitrogens with one attached hydrogen (secondary N) is 1. The summed E-state index contributed by atoms with van der Waals surface area (Å²) in [6.45, 7) is 7.33. The minimum Gasteiger partial charge on any atom is -0.367 e. The first kappa shape index (κ1) is 21.8. The predicted octanol–water partition coefficient (Wildman–Crippen LogP) is 3.70. The summed E-state index contributed by atoms with van der Waals surface area (Å²) in [5.41, 5.74) is 4.13. The van der Waals surface area contributed by atoms with E-state index in [9.17, 15) is 4.79 Å². The molecule has 1 amide bonds. The summed E-state index contributed by atoms with van der Waals surface area (Å²) in [4.78, 5) is 25.8. The highest BCUT2D eigenvalue weighted by Gasteiger charge is 2.22. The summed E-state index contributed by atoms with van der Waals surface area (Å²) in [6, 6.07) is 20.0. The van der Waals surface area contributed by atoms with Gasteiger partial charge in [0.15, 0.2) is 0 Å². The van der Waals surface area contributed by atoms with Crippen molar-refractivity contribution in [2.24, 2.45) is 0 Å². The molecule has 0 unspecified atom stereocenters. The molecule has 3 aromatic rings. The molecule has 0 saturated carbocycles. The van der Waals surface area contributed by atoms with Crippen molar-refractivity contribution in [2.45, 2.75) is 20.5 Å². The summed E-state index contributed by atoms with van der Waals surface area (Å²) in [6.07, 6.45) is 0. The number of carbonyl (C=O) groups excluding carboxylic acids is 1. The first-order valence-electron chi connectivity index (χ1n) is 10.9. The molecule has 1 aliphatic rings. The summed E-state index contributed by atoms with van der Waals surface area (Å²) < 4.78 is 5.61. The van der Waals surface area contributed by atoms with Crippen molar-refractivity contribution in [3.63, 3.8) is 0 Å². The molecule has 2 heterocycles. The number of nitrogens with zero attached hydrogens (tertiary/aromatic N) is 4. The van der Waals surface area contributed by atoms with E-state index < -0.39 is 0 Å². The van der Waals surface area contributed by atoms with Crippen LogP contribution in [-0.2, 0) is 16.1 Å². The third kappa shape index (κ3) is 5.82. The van der Waals surface area contributed by atoms with Gasteiger partial charge in [-0.15, -0.1) is 0 Å². The van der Waals surface area contributed by atoms with E-state index in [4.69, 9.17) is 9.72 Å². The Kier molecular flexibility index (Phi) is 6.97. The van der Waals surface area contributed by atoms with Crippen LogP contribution in [0, 0.1) is 13.8 Å². The van der Waals surface area contributed by atoms with Crippen LogP contribution in [0.1, 0.15) is 16.8 Å². The van der Waals surface area contributed by atoms with Gasteiger partial charge in [-0.1, -0.05) is 48.0 Å². The maximum Gasteiger partial charge on any atom is 0.248 e. The lowest BCUT2D eigenvalue weighted by atomic mass is 10.2. The van der Waals surface area contributed by atoms with Crippen LogP contribution in [0.4, 0.5) is 17.5 Å². The Labute approximate surface area is 189 Å². The molecule has 0 aliphatic carbocycles. The van der Waals surface area contributed by atoms with Crippen molar-refractivity contribution in [3.8, 4) is 0 Å². The quantitative estimate of drug-likeness (QED) is 0.615. The van der Waals surface area contributed by atoms with Crippen LogP contribution >= 0.6 is 0 Å². The van der Waals surface area contributed by atoms with Crippen LogP contribution in [-0.4, -0.2) is 53.6 Å². The Morgan fingerprint density at radius 2 is 1.69 bits per heavy atom. The molecule has 0 bridgehead atoms. The SMILES string of the molecule is Cc1ccc(Nc2nc(C)cc(N3CCN(C(=O)COCc4ccccc4)CC3)n2)cc1. The van der Waals surface area contributed by atoms with E-state index in [1.54, 1.807) is 0 Å². The van der Waals surface area contributed by atoms with Crippen LogP contribution < -0.4 is 10.2 Å². The average molecular weight is 432 g/mol. The maximum absolute atomic E-state index is 12.5. The monoisotopic (exact) mass is 431 g/mol.